The first kappa shape index (κ1) is 16.3. The number of hydrogen-bond acceptors (Lipinski definition) is 2. The van der Waals surface area contributed by atoms with Crippen LogP contribution in [0.3, 0.4) is 0 Å². The van der Waals surface area contributed by atoms with Crippen molar-refractivity contribution in [2.75, 3.05) is 5.73 Å². The summed E-state index contributed by atoms with van der Waals surface area (Å²) in [5.74, 6) is -2.47. The molecule has 3 nitrogen and oxygen atoms in total. The maximum absolute atomic E-state index is 12.7. The molecule has 2 atom stereocenters. The lowest BCUT2D eigenvalue weighted by molar-refractivity contribution is -0.141. The summed E-state index contributed by atoms with van der Waals surface area (Å²) >= 11 is 0. The highest BCUT2D eigenvalue weighted by atomic mass is 19.4. The van der Waals surface area contributed by atoms with Crippen molar-refractivity contribution in [3.8, 4) is 0 Å². The number of rotatable bonds is 5. The molecule has 6 heteroatoms. The van der Waals surface area contributed by atoms with Crippen molar-refractivity contribution < 1.29 is 23.1 Å². The Morgan fingerprint density at radius 2 is 2.00 bits per heavy atom. The second kappa shape index (κ2) is 6.15. The average Bonchev–Trinajstić information content (AvgIpc) is 2.30. The summed E-state index contributed by atoms with van der Waals surface area (Å²) in [6.07, 6.45) is -3.16. The molecule has 0 radical (unpaired) electrons. The molecule has 0 aromatic heterocycles. The van der Waals surface area contributed by atoms with Crippen LogP contribution in [0.25, 0.3) is 0 Å². The summed E-state index contributed by atoms with van der Waals surface area (Å²) in [5, 5.41) is 9.31. The van der Waals surface area contributed by atoms with E-state index in [1.807, 2.05) is 6.92 Å². The number of nitrogens with two attached hydrogens (primary N) is 1. The molecule has 0 aliphatic heterocycles. The minimum absolute atomic E-state index is 0.0354. The van der Waals surface area contributed by atoms with Crippen LogP contribution in [-0.2, 0) is 11.0 Å². The highest BCUT2D eigenvalue weighted by molar-refractivity contribution is 5.79. The summed E-state index contributed by atoms with van der Waals surface area (Å²) in [7, 11) is 0. The van der Waals surface area contributed by atoms with Crippen LogP contribution in [0.4, 0.5) is 18.9 Å². The van der Waals surface area contributed by atoms with E-state index < -0.39 is 23.6 Å². The third-order valence-corrected chi connectivity index (χ3v) is 3.33. The number of hydrogen-bond donors (Lipinski definition) is 2. The minimum Gasteiger partial charge on any atom is -0.481 e. The monoisotopic (exact) mass is 289 g/mol. The zero-order chi connectivity index (χ0) is 15.5. The van der Waals surface area contributed by atoms with E-state index in [-0.39, 0.29) is 17.2 Å². The van der Waals surface area contributed by atoms with Gasteiger partial charge >= 0.3 is 12.1 Å². The topological polar surface area (TPSA) is 63.3 Å². The maximum Gasteiger partial charge on any atom is 0.416 e. The molecule has 112 valence electrons. The standard InChI is InChI=1S/C14H18F3NO2/c1-3-4-8(2)12(13(19)20)10-7-9(14(15,16)17)5-6-11(10)18/h5-8,12H,3-4,18H2,1-2H3,(H,19,20). The second-order valence-electron chi connectivity index (χ2n) is 4.92. The van der Waals surface area contributed by atoms with Gasteiger partial charge in [-0.15, -0.1) is 0 Å². The van der Waals surface area contributed by atoms with Crippen LogP contribution in [-0.4, -0.2) is 11.1 Å². The fourth-order valence-electron chi connectivity index (χ4n) is 2.33. The van der Waals surface area contributed by atoms with Crippen molar-refractivity contribution in [1.29, 1.82) is 0 Å². The molecule has 20 heavy (non-hydrogen) atoms. The summed E-state index contributed by atoms with van der Waals surface area (Å²) < 4.78 is 38.2. The summed E-state index contributed by atoms with van der Waals surface area (Å²) in [4.78, 5) is 11.4. The Kier molecular flexibility index (Phi) is 5.03. The van der Waals surface area contributed by atoms with Crippen molar-refractivity contribution in [2.45, 2.75) is 38.8 Å². The molecular weight excluding hydrogens is 271 g/mol. The SMILES string of the molecule is CCCC(C)C(C(=O)O)c1cc(C(F)(F)F)ccc1N. The van der Waals surface area contributed by atoms with Gasteiger partial charge in [-0.2, -0.15) is 13.2 Å². The maximum atomic E-state index is 12.7. The first-order chi connectivity index (χ1) is 9.18. The van der Waals surface area contributed by atoms with Gasteiger partial charge in [0.1, 0.15) is 0 Å². The van der Waals surface area contributed by atoms with Crippen molar-refractivity contribution in [3.05, 3.63) is 29.3 Å². The van der Waals surface area contributed by atoms with Crippen LogP contribution in [0.2, 0.25) is 0 Å². The number of benzene rings is 1. The molecule has 0 amide bonds. The molecule has 3 N–H and O–H groups in total. The van der Waals surface area contributed by atoms with Crippen molar-refractivity contribution in [2.24, 2.45) is 5.92 Å². The van der Waals surface area contributed by atoms with Gasteiger partial charge < -0.3 is 10.8 Å². The molecule has 0 saturated heterocycles. The van der Waals surface area contributed by atoms with E-state index in [0.29, 0.717) is 6.42 Å². The van der Waals surface area contributed by atoms with Gasteiger partial charge in [0, 0.05) is 5.69 Å². The van der Waals surface area contributed by atoms with Gasteiger partial charge in [0.25, 0.3) is 0 Å². The van der Waals surface area contributed by atoms with E-state index in [1.54, 1.807) is 6.92 Å². The molecule has 0 aliphatic rings. The number of aliphatic carboxylic acids is 1. The molecule has 1 aromatic rings. The fraction of sp³-hybridized carbons (Fsp3) is 0.500. The van der Waals surface area contributed by atoms with Crippen LogP contribution in [0.5, 0.6) is 0 Å². The molecule has 0 fully saturated rings. The van der Waals surface area contributed by atoms with E-state index >= 15 is 0 Å². The zero-order valence-electron chi connectivity index (χ0n) is 11.4. The van der Waals surface area contributed by atoms with Gasteiger partial charge in [-0.3, -0.25) is 4.79 Å². The summed E-state index contributed by atoms with van der Waals surface area (Å²) in [5.41, 5.74) is 4.91. The lowest BCUT2D eigenvalue weighted by atomic mass is 9.83. The predicted molar refractivity (Wildman–Crippen MR) is 70.3 cm³/mol. The number of carboxylic acids is 1. The van der Waals surface area contributed by atoms with Crippen molar-refractivity contribution in [3.63, 3.8) is 0 Å². The third-order valence-electron chi connectivity index (χ3n) is 3.33. The number of carboxylic acid groups (broad SMARTS) is 1. The first-order valence-corrected chi connectivity index (χ1v) is 6.37. The lowest BCUT2D eigenvalue weighted by Crippen LogP contribution is -2.21. The number of anilines is 1. The molecule has 1 aromatic carbocycles. The Morgan fingerprint density at radius 1 is 1.40 bits per heavy atom. The normalized spacial score (nSPS) is 14.8. The molecule has 0 bridgehead atoms. The van der Waals surface area contributed by atoms with E-state index in [2.05, 4.69) is 0 Å². The largest absolute Gasteiger partial charge is 0.481 e. The van der Waals surface area contributed by atoms with Crippen LogP contribution in [0.15, 0.2) is 18.2 Å². The van der Waals surface area contributed by atoms with Gasteiger partial charge in [0.05, 0.1) is 11.5 Å². The Morgan fingerprint density at radius 3 is 2.45 bits per heavy atom. The van der Waals surface area contributed by atoms with Crippen LogP contribution in [0, 0.1) is 5.92 Å². The third kappa shape index (κ3) is 3.65. The highest BCUT2D eigenvalue weighted by Gasteiger charge is 2.34. The zero-order valence-corrected chi connectivity index (χ0v) is 11.4. The van der Waals surface area contributed by atoms with E-state index in [9.17, 15) is 23.1 Å². The van der Waals surface area contributed by atoms with Crippen molar-refractivity contribution >= 4 is 11.7 Å². The van der Waals surface area contributed by atoms with Gasteiger partial charge in [-0.05, 0) is 36.1 Å². The highest BCUT2D eigenvalue weighted by Crippen LogP contribution is 2.37. The van der Waals surface area contributed by atoms with Gasteiger partial charge in [-0.1, -0.05) is 20.3 Å². The molecular formula is C14H18F3NO2. The molecule has 0 saturated carbocycles. The summed E-state index contributed by atoms with van der Waals surface area (Å²) in [6.45, 7) is 3.60. The molecule has 2 unspecified atom stereocenters. The molecule has 1 rings (SSSR count). The number of halogens is 3. The predicted octanol–water partition coefficient (Wildman–Crippen LogP) is 3.89. The minimum atomic E-state index is -4.51. The Labute approximate surface area is 115 Å². The number of carbonyl (C=O) groups is 1. The fourth-order valence-corrected chi connectivity index (χ4v) is 2.33. The molecule has 0 aliphatic carbocycles. The Hall–Kier alpha value is -1.72. The van der Waals surface area contributed by atoms with Crippen molar-refractivity contribution in [1.82, 2.24) is 0 Å². The Balaban J connectivity index is 3.29. The van der Waals surface area contributed by atoms with Gasteiger partial charge in [0.15, 0.2) is 0 Å². The molecule has 0 heterocycles. The average molecular weight is 289 g/mol. The number of nitrogen functional groups attached to an aromatic ring is 1. The van der Waals surface area contributed by atoms with E-state index in [4.69, 9.17) is 5.73 Å². The second-order valence-corrected chi connectivity index (χ2v) is 4.92. The first-order valence-electron chi connectivity index (χ1n) is 6.37. The smallest absolute Gasteiger partial charge is 0.416 e. The van der Waals surface area contributed by atoms with E-state index in [1.165, 1.54) is 0 Å². The van der Waals surface area contributed by atoms with Gasteiger partial charge in [-0.25, -0.2) is 0 Å². The molecule has 0 spiro atoms. The van der Waals surface area contributed by atoms with Crippen LogP contribution < -0.4 is 5.73 Å². The van der Waals surface area contributed by atoms with Crippen LogP contribution >= 0.6 is 0 Å². The van der Waals surface area contributed by atoms with Gasteiger partial charge in [0.2, 0.25) is 0 Å². The summed E-state index contributed by atoms with van der Waals surface area (Å²) in [6, 6.07) is 2.83. The van der Waals surface area contributed by atoms with E-state index in [0.717, 1.165) is 24.6 Å². The Bertz CT molecular complexity index is 486. The quantitative estimate of drug-likeness (QED) is 0.808. The lowest BCUT2D eigenvalue weighted by Gasteiger charge is -2.22. The number of alkyl halides is 3. The van der Waals surface area contributed by atoms with Crippen LogP contribution in [0.1, 0.15) is 43.7 Å².